The number of hydrogen-bond acceptors (Lipinski definition) is 2. The summed E-state index contributed by atoms with van der Waals surface area (Å²) in [4.78, 5) is 2.69. The summed E-state index contributed by atoms with van der Waals surface area (Å²) in [5.74, 6) is 0.402. The van der Waals surface area contributed by atoms with Crippen molar-refractivity contribution in [3.8, 4) is 5.75 Å². The topological polar surface area (TPSA) is 23.5 Å². The molecular formula is C22H26ClNO. The first-order chi connectivity index (χ1) is 12.1. The van der Waals surface area contributed by atoms with Gasteiger partial charge >= 0.3 is 0 Å². The molecule has 3 heteroatoms. The summed E-state index contributed by atoms with van der Waals surface area (Å²) in [6.07, 6.45) is 7.38. The van der Waals surface area contributed by atoms with Crippen molar-refractivity contribution in [3.05, 3.63) is 64.7 Å². The minimum absolute atomic E-state index is 0.276. The molecule has 0 radical (unpaired) electrons. The monoisotopic (exact) mass is 355 g/mol. The van der Waals surface area contributed by atoms with Crippen LogP contribution >= 0.6 is 11.6 Å². The maximum atomic E-state index is 9.90. The molecule has 2 nitrogen and oxygen atoms in total. The van der Waals surface area contributed by atoms with Crippen LogP contribution in [0.1, 0.15) is 43.2 Å². The fourth-order valence-corrected chi connectivity index (χ4v) is 5.00. The Labute approximate surface area is 155 Å². The average molecular weight is 356 g/mol. The van der Waals surface area contributed by atoms with Crippen LogP contribution in [0.4, 0.5) is 0 Å². The quantitative estimate of drug-likeness (QED) is 0.817. The summed E-state index contributed by atoms with van der Waals surface area (Å²) in [7, 11) is 0. The van der Waals surface area contributed by atoms with Gasteiger partial charge in [-0.25, -0.2) is 0 Å². The Morgan fingerprint density at radius 3 is 2.76 bits per heavy atom. The molecule has 25 heavy (non-hydrogen) atoms. The number of nitrogens with zero attached hydrogens (tertiary/aromatic N) is 1. The Morgan fingerprint density at radius 1 is 1.12 bits per heavy atom. The van der Waals surface area contributed by atoms with Gasteiger partial charge in [-0.3, -0.25) is 4.90 Å². The van der Waals surface area contributed by atoms with Gasteiger partial charge in [-0.15, -0.1) is 0 Å². The van der Waals surface area contributed by atoms with Crippen molar-refractivity contribution in [2.24, 2.45) is 0 Å². The molecule has 1 heterocycles. The Kier molecular flexibility index (Phi) is 4.75. The van der Waals surface area contributed by atoms with Crippen molar-refractivity contribution in [1.82, 2.24) is 4.90 Å². The van der Waals surface area contributed by atoms with Gasteiger partial charge in [0.25, 0.3) is 0 Å². The number of likely N-dealkylation sites (tertiary alicyclic amines) is 1. The van der Waals surface area contributed by atoms with Crippen molar-refractivity contribution in [2.75, 3.05) is 13.1 Å². The van der Waals surface area contributed by atoms with Crippen LogP contribution < -0.4 is 0 Å². The van der Waals surface area contributed by atoms with E-state index in [1.807, 2.05) is 24.3 Å². The van der Waals surface area contributed by atoms with Crippen molar-refractivity contribution < 1.29 is 5.11 Å². The van der Waals surface area contributed by atoms with E-state index in [-0.39, 0.29) is 5.41 Å². The minimum Gasteiger partial charge on any atom is -0.508 e. The summed E-state index contributed by atoms with van der Waals surface area (Å²) in [6.45, 7) is 2.29. The van der Waals surface area contributed by atoms with Crippen LogP contribution in [0.3, 0.4) is 0 Å². The molecule has 1 N–H and O–H groups in total. The predicted molar refractivity (Wildman–Crippen MR) is 103 cm³/mol. The number of aromatic hydroxyl groups is 1. The summed E-state index contributed by atoms with van der Waals surface area (Å²) < 4.78 is 0. The van der Waals surface area contributed by atoms with Crippen molar-refractivity contribution >= 4 is 11.6 Å². The Balaban J connectivity index is 1.44. The van der Waals surface area contributed by atoms with E-state index in [1.54, 1.807) is 6.07 Å². The summed E-state index contributed by atoms with van der Waals surface area (Å²) >= 11 is 5.99. The molecule has 2 aromatic carbocycles. The zero-order chi connectivity index (χ0) is 17.3. The summed E-state index contributed by atoms with van der Waals surface area (Å²) in [6, 6.07) is 16.9. The third kappa shape index (κ3) is 3.56. The fraction of sp³-hybridized carbons (Fsp3) is 0.455. The second-order valence-corrected chi connectivity index (χ2v) is 8.18. The van der Waals surface area contributed by atoms with Gasteiger partial charge in [-0.2, -0.15) is 0 Å². The molecule has 2 fully saturated rings. The SMILES string of the molecule is Oc1cccc([C@@]23CCC[C@@H](C2)N(CCc2ccc(Cl)cc2)CC3)c1. The van der Waals surface area contributed by atoms with Crippen molar-refractivity contribution in [3.63, 3.8) is 0 Å². The van der Waals surface area contributed by atoms with Crippen LogP contribution in [-0.4, -0.2) is 29.1 Å². The van der Waals surface area contributed by atoms with Crippen LogP contribution in [0, 0.1) is 0 Å². The van der Waals surface area contributed by atoms with Gasteiger partial charge in [0.2, 0.25) is 0 Å². The lowest BCUT2D eigenvalue weighted by molar-refractivity contribution is 0.0524. The normalized spacial score (nSPS) is 26.5. The van der Waals surface area contributed by atoms with Gasteiger partial charge in [-0.1, -0.05) is 42.3 Å². The molecule has 1 aliphatic carbocycles. The van der Waals surface area contributed by atoms with Gasteiger partial charge in [-0.05, 0) is 79.5 Å². The van der Waals surface area contributed by atoms with Crippen LogP contribution in [0.25, 0.3) is 0 Å². The first-order valence-electron chi connectivity index (χ1n) is 9.43. The van der Waals surface area contributed by atoms with Crippen LogP contribution in [0.2, 0.25) is 5.02 Å². The van der Waals surface area contributed by atoms with Gasteiger partial charge in [0.1, 0.15) is 5.75 Å². The molecule has 132 valence electrons. The van der Waals surface area contributed by atoms with E-state index < -0.39 is 0 Å². The first kappa shape index (κ1) is 16.9. The number of rotatable bonds is 4. The van der Waals surface area contributed by atoms with Crippen molar-refractivity contribution in [1.29, 1.82) is 0 Å². The Morgan fingerprint density at radius 2 is 1.96 bits per heavy atom. The molecular weight excluding hydrogens is 330 g/mol. The van der Waals surface area contributed by atoms with E-state index in [2.05, 4.69) is 23.1 Å². The molecule has 4 rings (SSSR count). The zero-order valence-corrected chi connectivity index (χ0v) is 15.4. The van der Waals surface area contributed by atoms with E-state index >= 15 is 0 Å². The molecule has 0 aromatic heterocycles. The first-order valence-corrected chi connectivity index (χ1v) is 9.80. The maximum absolute atomic E-state index is 9.90. The number of phenolic OH excluding ortho intramolecular Hbond substituents is 1. The smallest absolute Gasteiger partial charge is 0.115 e. The van der Waals surface area contributed by atoms with Crippen LogP contribution in [-0.2, 0) is 11.8 Å². The highest BCUT2D eigenvalue weighted by atomic mass is 35.5. The third-order valence-electron chi connectivity index (χ3n) is 6.27. The second-order valence-electron chi connectivity index (χ2n) is 7.74. The molecule has 1 aliphatic heterocycles. The molecule has 2 atom stereocenters. The molecule has 0 amide bonds. The number of piperidine rings is 1. The molecule has 0 spiro atoms. The Hall–Kier alpha value is -1.51. The Bertz CT molecular complexity index is 729. The molecule has 2 aliphatic rings. The number of hydrogen-bond donors (Lipinski definition) is 1. The van der Waals surface area contributed by atoms with Gasteiger partial charge < -0.3 is 5.11 Å². The number of benzene rings is 2. The number of phenols is 1. The van der Waals surface area contributed by atoms with Crippen molar-refractivity contribution in [2.45, 2.75) is 50.0 Å². The predicted octanol–water partition coefficient (Wildman–Crippen LogP) is 5.17. The molecule has 2 bridgehead atoms. The lowest BCUT2D eigenvalue weighted by atomic mass is 9.63. The molecule has 1 saturated carbocycles. The summed E-state index contributed by atoms with van der Waals surface area (Å²) in [5, 5.41) is 10.7. The largest absolute Gasteiger partial charge is 0.508 e. The van der Waals surface area contributed by atoms with Gasteiger partial charge in [0, 0.05) is 17.6 Å². The summed E-state index contributed by atoms with van der Waals surface area (Å²) in [5.41, 5.74) is 2.98. The number of fused-ring (bicyclic) bond motifs is 2. The molecule has 1 saturated heterocycles. The highest BCUT2D eigenvalue weighted by Gasteiger charge is 2.43. The average Bonchev–Trinajstić information content (AvgIpc) is 2.63. The van der Waals surface area contributed by atoms with E-state index in [0.717, 1.165) is 24.5 Å². The van der Waals surface area contributed by atoms with E-state index in [1.165, 1.54) is 43.2 Å². The number of halogens is 1. The minimum atomic E-state index is 0.276. The van der Waals surface area contributed by atoms with Crippen LogP contribution in [0.15, 0.2) is 48.5 Å². The third-order valence-corrected chi connectivity index (χ3v) is 6.52. The van der Waals surface area contributed by atoms with E-state index in [4.69, 9.17) is 11.6 Å². The van der Waals surface area contributed by atoms with E-state index in [0.29, 0.717) is 11.8 Å². The van der Waals surface area contributed by atoms with Gasteiger partial charge in [0.05, 0.1) is 0 Å². The standard InChI is InChI=1S/C22H26ClNO/c23-19-8-6-17(7-9-19)10-13-24-14-12-22(11-2-4-20(24)16-22)18-3-1-5-21(25)15-18/h1,3,5-9,15,20,25H,2,4,10-14,16H2/t20-,22+/m0/s1. The second kappa shape index (κ2) is 7.01. The molecule has 0 unspecified atom stereocenters. The lowest BCUT2D eigenvalue weighted by Crippen LogP contribution is -2.52. The fourth-order valence-electron chi connectivity index (χ4n) is 4.87. The van der Waals surface area contributed by atoms with Crippen LogP contribution in [0.5, 0.6) is 5.75 Å². The van der Waals surface area contributed by atoms with Gasteiger partial charge in [0.15, 0.2) is 0 Å². The highest BCUT2D eigenvalue weighted by molar-refractivity contribution is 6.30. The molecule has 2 aromatic rings. The zero-order valence-electron chi connectivity index (χ0n) is 14.6. The van der Waals surface area contributed by atoms with E-state index in [9.17, 15) is 5.11 Å². The lowest BCUT2D eigenvalue weighted by Gasteiger charge is -2.51. The highest BCUT2D eigenvalue weighted by Crippen LogP contribution is 2.47. The maximum Gasteiger partial charge on any atom is 0.115 e.